The van der Waals surface area contributed by atoms with Crippen LogP contribution >= 0.6 is 0 Å². The summed E-state index contributed by atoms with van der Waals surface area (Å²) in [5, 5.41) is 13.5. The molecule has 0 fully saturated rings. The van der Waals surface area contributed by atoms with E-state index in [-0.39, 0.29) is 37.7 Å². The first-order valence-corrected chi connectivity index (χ1v) is 5.75. The van der Waals surface area contributed by atoms with Crippen LogP contribution in [0.1, 0.15) is 6.92 Å². The largest absolute Gasteiger partial charge is 0.394 e. The topological polar surface area (TPSA) is 116 Å². The fourth-order valence-electron chi connectivity index (χ4n) is 1.76. The van der Waals surface area contributed by atoms with Gasteiger partial charge < -0.3 is 14.7 Å². The van der Waals surface area contributed by atoms with E-state index in [1.165, 1.54) is 13.3 Å². The highest BCUT2D eigenvalue weighted by molar-refractivity contribution is 6.07. The van der Waals surface area contributed by atoms with Crippen molar-refractivity contribution in [3.63, 3.8) is 0 Å². The van der Waals surface area contributed by atoms with Crippen LogP contribution in [0.2, 0.25) is 0 Å². The molecule has 2 aliphatic rings. The van der Waals surface area contributed by atoms with Crippen LogP contribution in [0.15, 0.2) is 9.98 Å². The van der Waals surface area contributed by atoms with Crippen LogP contribution in [0.3, 0.4) is 0 Å². The number of aliphatic hydroxyl groups is 1. The zero-order chi connectivity index (χ0) is 13.8. The Morgan fingerprint density at radius 2 is 2.47 bits per heavy atom. The molecule has 0 aromatic carbocycles. The Morgan fingerprint density at radius 3 is 3.16 bits per heavy atom. The van der Waals surface area contributed by atoms with E-state index in [1.54, 1.807) is 4.90 Å². The van der Waals surface area contributed by atoms with Crippen molar-refractivity contribution in [2.45, 2.75) is 19.1 Å². The van der Waals surface area contributed by atoms with Gasteiger partial charge in [-0.25, -0.2) is 4.99 Å². The second kappa shape index (κ2) is 5.76. The number of ether oxygens (including phenoxy) is 1. The summed E-state index contributed by atoms with van der Waals surface area (Å²) in [5.74, 6) is -0.541. The Morgan fingerprint density at radius 1 is 1.68 bits per heavy atom. The number of rotatable bonds is 4. The number of nitrogens with zero attached hydrogens (tertiary/aromatic N) is 3. The molecule has 3 N–H and O–H groups in total. The van der Waals surface area contributed by atoms with Crippen molar-refractivity contribution >= 4 is 24.1 Å². The Labute approximate surface area is 109 Å². The SMILES string of the molecule is CC(=O)NC1=NC2C(N=CN2COCCO)C(=O)N1. The third-order valence-electron chi connectivity index (χ3n) is 2.54. The van der Waals surface area contributed by atoms with E-state index in [1.807, 2.05) is 0 Å². The lowest BCUT2D eigenvalue weighted by molar-refractivity contribution is -0.122. The maximum Gasteiger partial charge on any atom is 0.255 e. The van der Waals surface area contributed by atoms with E-state index >= 15 is 0 Å². The van der Waals surface area contributed by atoms with Crippen LogP contribution in [0.4, 0.5) is 0 Å². The molecule has 9 heteroatoms. The quantitative estimate of drug-likeness (QED) is 0.493. The van der Waals surface area contributed by atoms with Crippen LogP contribution in [-0.4, -0.2) is 66.3 Å². The molecular weight excluding hydrogens is 254 g/mol. The molecule has 2 amide bonds. The second-order valence-electron chi connectivity index (χ2n) is 4.05. The molecule has 2 atom stereocenters. The Bertz CT molecular complexity index is 436. The Hall–Kier alpha value is -2.00. The molecule has 9 nitrogen and oxygen atoms in total. The molecule has 19 heavy (non-hydrogen) atoms. The average molecular weight is 269 g/mol. The van der Waals surface area contributed by atoms with Gasteiger partial charge in [0, 0.05) is 6.92 Å². The highest BCUT2D eigenvalue weighted by Gasteiger charge is 2.39. The molecule has 2 heterocycles. The van der Waals surface area contributed by atoms with Gasteiger partial charge in [0.05, 0.1) is 19.6 Å². The summed E-state index contributed by atoms with van der Waals surface area (Å²) in [6.45, 7) is 1.60. The molecule has 0 saturated heterocycles. The monoisotopic (exact) mass is 269 g/mol. The van der Waals surface area contributed by atoms with Crippen LogP contribution < -0.4 is 10.6 Å². The normalized spacial score (nSPS) is 24.8. The zero-order valence-corrected chi connectivity index (χ0v) is 10.4. The molecule has 0 aliphatic carbocycles. The summed E-state index contributed by atoms with van der Waals surface area (Å²) < 4.78 is 5.16. The fourth-order valence-corrected chi connectivity index (χ4v) is 1.76. The average Bonchev–Trinajstić information content (AvgIpc) is 2.72. The number of guanidine groups is 1. The summed E-state index contributed by atoms with van der Waals surface area (Å²) in [6.07, 6.45) is 0.946. The molecule has 0 spiro atoms. The summed E-state index contributed by atoms with van der Waals surface area (Å²) in [6, 6.07) is -0.643. The first-order chi connectivity index (χ1) is 9.11. The van der Waals surface area contributed by atoms with E-state index in [9.17, 15) is 9.59 Å². The highest BCUT2D eigenvalue weighted by Crippen LogP contribution is 2.17. The van der Waals surface area contributed by atoms with Gasteiger partial charge in [-0.15, -0.1) is 0 Å². The lowest BCUT2D eigenvalue weighted by Gasteiger charge is -2.28. The lowest BCUT2D eigenvalue weighted by atomic mass is 10.2. The molecule has 0 aromatic rings. The number of hydrogen-bond donors (Lipinski definition) is 3. The Balaban J connectivity index is 2.04. The van der Waals surface area contributed by atoms with Gasteiger partial charge in [-0.3, -0.25) is 25.2 Å². The van der Waals surface area contributed by atoms with Crippen molar-refractivity contribution in [2.75, 3.05) is 19.9 Å². The van der Waals surface area contributed by atoms with Crippen molar-refractivity contribution in [3.8, 4) is 0 Å². The van der Waals surface area contributed by atoms with E-state index in [0.717, 1.165) is 0 Å². The number of carbonyl (C=O) groups excluding carboxylic acids is 2. The predicted molar refractivity (Wildman–Crippen MR) is 65.2 cm³/mol. The number of nitrogens with one attached hydrogen (secondary N) is 2. The van der Waals surface area contributed by atoms with Gasteiger partial charge >= 0.3 is 0 Å². The number of hydrogen-bond acceptors (Lipinski definition) is 7. The van der Waals surface area contributed by atoms with Crippen molar-refractivity contribution in [3.05, 3.63) is 0 Å². The summed E-state index contributed by atoms with van der Waals surface area (Å²) in [4.78, 5) is 32.6. The highest BCUT2D eigenvalue weighted by atomic mass is 16.5. The summed E-state index contributed by atoms with van der Waals surface area (Å²) >= 11 is 0. The van der Waals surface area contributed by atoms with E-state index < -0.39 is 12.2 Å². The maximum absolute atomic E-state index is 11.8. The van der Waals surface area contributed by atoms with E-state index in [4.69, 9.17) is 9.84 Å². The number of amides is 2. The van der Waals surface area contributed by atoms with Gasteiger partial charge in [-0.05, 0) is 0 Å². The second-order valence-corrected chi connectivity index (χ2v) is 4.05. The molecule has 2 aliphatic heterocycles. The minimum absolute atomic E-state index is 0.0834. The molecule has 0 saturated carbocycles. The van der Waals surface area contributed by atoms with Gasteiger partial charge in [-0.1, -0.05) is 0 Å². The summed E-state index contributed by atoms with van der Waals surface area (Å²) in [7, 11) is 0. The predicted octanol–water partition coefficient (Wildman–Crippen LogP) is -2.39. The molecule has 2 unspecified atom stereocenters. The van der Waals surface area contributed by atoms with Crippen LogP contribution in [0.25, 0.3) is 0 Å². The van der Waals surface area contributed by atoms with Crippen molar-refractivity contribution in [1.29, 1.82) is 0 Å². The van der Waals surface area contributed by atoms with Gasteiger partial charge in [0.15, 0.2) is 12.2 Å². The molecule has 0 radical (unpaired) electrons. The number of aliphatic imine (C=N–C) groups is 2. The third kappa shape index (κ3) is 3.06. The van der Waals surface area contributed by atoms with Gasteiger partial charge in [0.1, 0.15) is 6.73 Å². The minimum Gasteiger partial charge on any atom is -0.394 e. The van der Waals surface area contributed by atoms with Crippen LogP contribution in [0.5, 0.6) is 0 Å². The number of aliphatic hydroxyl groups excluding tert-OH is 1. The van der Waals surface area contributed by atoms with Crippen molar-refractivity contribution in [1.82, 2.24) is 15.5 Å². The van der Waals surface area contributed by atoms with Crippen molar-refractivity contribution < 1.29 is 19.4 Å². The molecule has 0 aromatic heterocycles. The standard InChI is InChI=1S/C10H15N5O4/c1-6(17)12-10-13-8-7(9(18)14-10)11-4-15(8)5-19-3-2-16/h4,7-8,16H,2-3,5H2,1H3,(H2,12,13,14,17,18). The first kappa shape index (κ1) is 13.4. The molecule has 104 valence electrons. The van der Waals surface area contributed by atoms with E-state index in [0.29, 0.717) is 0 Å². The van der Waals surface area contributed by atoms with Gasteiger partial charge in [0.2, 0.25) is 11.9 Å². The molecule has 0 bridgehead atoms. The van der Waals surface area contributed by atoms with E-state index in [2.05, 4.69) is 20.6 Å². The van der Waals surface area contributed by atoms with Crippen LogP contribution in [0, 0.1) is 0 Å². The molecular formula is C10H15N5O4. The fraction of sp³-hybridized carbons (Fsp3) is 0.600. The summed E-state index contributed by atoms with van der Waals surface area (Å²) in [5.41, 5.74) is 0. The lowest BCUT2D eigenvalue weighted by Crippen LogP contribution is -2.56. The Kier molecular flexibility index (Phi) is 4.07. The number of carbonyl (C=O) groups is 2. The number of fused-ring (bicyclic) bond motifs is 1. The minimum atomic E-state index is -0.643. The third-order valence-corrected chi connectivity index (χ3v) is 2.54. The smallest absolute Gasteiger partial charge is 0.255 e. The maximum atomic E-state index is 11.8. The van der Waals surface area contributed by atoms with Crippen LogP contribution in [-0.2, 0) is 14.3 Å². The molecule has 2 rings (SSSR count). The van der Waals surface area contributed by atoms with Gasteiger partial charge in [-0.2, -0.15) is 0 Å². The first-order valence-electron chi connectivity index (χ1n) is 5.75. The van der Waals surface area contributed by atoms with Crippen molar-refractivity contribution in [2.24, 2.45) is 9.98 Å². The van der Waals surface area contributed by atoms with Gasteiger partial charge in [0.25, 0.3) is 5.91 Å². The zero-order valence-electron chi connectivity index (χ0n) is 10.4.